The van der Waals surface area contributed by atoms with Crippen LogP contribution in [0.25, 0.3) is 6.08 Å². The number of benzene rings is 1. The van der Waals surface area contributed by atoms with E-state index in [2.05, 4.69) is 0 Å². The van der Waals surface area contributed by atoms with Crippen LogP contribution in [0.1, 0.15) is 12.5 Å². The highest BCUT2D eigenvalue weighted by Gasteiger charge is 1.95. The van der Waals surface area contributed by atoms with Crippen molar-refractivity contribution >= 4 is 12.0 Å². The van der Waals surface area contributed by atoms with Gasteiger partial charge in [-0.1, -0.05) is 12.1 Å². The summed E-state index contributed by atoms with van der Waals surface area (Å²) in [6.45, 7) is 2.68. The van der Waals surface area contributed by atoms with Crippen LogP contribution in [-0.4, -0.2) is 24.5 Å². The average molecular weight is 222 g/mol. The van der Waals surface area contributed by atoms with Gasteiger partial charge in [-0.25, -0.2) is 4.79 Å². The van der Waals surface area contributed by atoms with E-state index in [9.17, 15) is 4.79 Å². The van der Waals surface area contributed by atoms with Crippen LogP contribution in [0.5, 0.6) is 5.75 Å². The van der Waals surface area contributed by atoms with Crippen molar-refractivity contribution in [2.45, 2.75) is 6.92 Å². The summed E-state index contributed by atoms with van der Waals surface area (Å²) in [6, 6.07) is 7.13. The molecule has 4 heteroatoms. The number of rotatable bonds is 6. The lowest BCUT2D eigenvalue weighted by Crippen LogP contribution is -2.01. The van der Waals surface area contributed by atoms with Crippen molar-refractivity contribution in [3.05, 3.63) is 35.9 Å². The summed E-state index contributed by atoms with van der Waals surface area (Å²) >= 11 is 0. The van der Waals surface area contributed by atoms with E-state index in [4.69, 9.17) is 14.6 Å². The first-order valence-corrected chi connectivity index (χ1v) is 4.94. The number of aliphatic carboxylic acids is 1. The Bertz CT molecular complexity index is 371. The molecule has 0 bridgehead atoms. The first-order valence-electron chi connectivity index (χ1n) is 4.94. The second-order valence-electron chi connectivity index (χ2n) is 3.00. The molecule has 1 N–H and O–H groups in total. The van der Waals surface area contributed by atoms with E-state index in [1.807, 2.05) is 6.92 Å². The molecule has 1 aromatic carbocycles. The van der Waals surface area contributed by atoms with Gasteiger partial charge in [0, 0.05) is 12.7 Å². The lowest BCUT2D eigenvalue weighted by atomic mass is 10.2. The summed E-state index contributed by atoms with van der Waals surface area (Å²) in [5.41, 5.74) is 0.774. The zero-order valence-electron chi connectivity index (χ0n) is 9.05. The fourth-order valence-corrected chi connectivity index (χ4v) is 1.07. The van der Waals surface area contributed by atoms with Crippen LogP contribution >= 0.6 is 0 Å². The number of hydrogen-bond acceptors (Lipinski definition) is 3. The molecule has 86 valence electrons. The van der Waals surface area contributed by atoms with Crippen LogP contribution in [0.2, 0.25) is 0 Å². The van der Waals surface area contributed by atoms with Crippen LogP contribution in [0.4, 0.5) is 0 Å². The third-order valence-electron chi connectivity index (χ3n) is 1.79. The van der Waals surface area contributed by atoms with Gasteiger partial charge >= 0.3 is 5.97 Å². The van der Waals surface area contributed by atoms with Gasteiger partial charge in [0.1, 0.15) is 5.75 Å². The highest BCUT2D eigenvalue weighted by Crippen LogP contribution is 2.14. The quantitative estimate of drug-likeness (QED) is 0.455. The van der Waals surface area contributed by atoms with Gasteiger partial charge in [-0.2, -0.15) is 0 Å². The largest absolute Gasteiger partial charge is 0.478 e. The summed E-state index contributed by atoms with van der Waals surface area (Å²) in [5, 5.41) is 8.48. The Balaban J connectivity index is 2.60. The number of carboxylic acid groups (broad SMARTS) is 1. The molecule has 0 amide bonds. The lowest BCUT2D eigenvalue weighted by Gasteiger charge is -2.05. The maximum Gasteiger partial charge on any atom is 0.328 e. The van der Waals surface area contributed by atoms with Crippen molar-refractivity contribution in [3.63, 3.8) is 0 Å². The van der Waals surface area contributed by atoms with Crippen molar-refractivity contribution in [3.8, 4) is 5.75 Å². The fraction of sp³-hybridized carbons (Fsp3) is 0.250. The Kier molecular flexibility index (Phi) is 5.08. The third-order valence-corrected chi connectivity index (χ3v) is 1.79. The highest BCUT2D eigenvalue weighted by molar-refractivity contribution is 5.85. The van der Waals surface area contributed by atoms with Crippen molar-refractivity contribution < 1.29 is 19.4 Å². The van der Waals surface area contributed by atoms with E-state index in [-0.39, 0.29) is 6.79 Å². The monoisotopic (exact) mass is 222 g/mol. The minimum Gasteiger partial charge on any atom is -0.478 e. The van der Waals surface area contributed by atoms with E-state index >= 15 is 0 Å². The lowest BCUT2D eigenvalue weighted by molar-refractivity contribution is -0.131. The number of carboxylic acids is 1. The first-order chi connectivity index (χ1) is 7.72. The predicted octanol–water partition coefficient (Wildman–Crippen LogP) is 2.16. The van der Waals surface area contributed by atoms with Gasteiger partial charge in [0.15, 0.2) is 6.79 Å². The maximum absolute atomic E-state index is 10.3. The van der Waals surface area contributed by atoms with Gasteiger partial charge in [0.05, 0.1) is 0 Å². The standard InChI is InChI=1S/C12H14O4/c1-2-15-9-16-11-5-3-4-10(8-11)6-7-12(13)14/h3-8H,2,9H2,1H3,(H,13,14). The maximum atomic E-state index is 10.3. The Labute approximate surface area is 94.1 Å². The molecule has 0 aliphatic rings. The molecule has 0 fully saturated rings. The molecular formula is C12H14O4. The van der Waals surface area contributed by atoms with Crippen molar-refractivity contribution in [2.75, 3.05) is 13.4 Å². The van der Waals surface area contributed by atoms with Crippen molar-refractivity contribution in [1.82, 2.24) is 0 Å². The van der Waals surface area contributed by atoms with Gasteiger partial charge in [-0.3, -0.25) is 0 Å². The zero-order chi connectivity index (χ0) is 11.8. The van der Waals surface area contributed by atoms with E-state index < -0.39 is 5.97 Å². The van der Waals surface area contributed by atoms with E-state index in [1.165, 1.54) is 6.08 Å². The second-order valence-corrected chi connectivity index (χ2v) is 3.00. The Morgan fingerprint density at radius 3 is 3.00 bits per heavy atom. The molecule has 0 unspecified atom stereocenters. The molecule has 0 aliphatic heterocycles. The molecule has 1 rings (SSSR count). The van der Waals surface area contributed by atoms with Crippen molar-refractivity contribution in [2.24, 2.45) is 0 Å². The van der Waals surface area contributed by atoms with Crippen LogP contribution < -0.4 is 4.74 Å². The average Bonchev–Trinajstić information content (AvgIpc) is 2.27. The van der Waals surface area contributed by atoms with Crippen LogP contribution in [0, 0.1) is 0 Å². The smallest absolute Gasteiger partial charge is 0.328 e. The van der Waals surface area contributed by atoms with Gasteiger partial charge in [0.25, 0.3) is 0 Å². The normalized spacial score (nSPS) is 10.6. The Morgan fingerprint density at radius 2 is 2.31 bits per heavy atom. The topological polar surface area (TPSA) is 55.8 Å². The summed E-state index contributed by atoms with van der Waals surface area (Å²) in [5.74, 6) is -0.318. The van der Waals surface area contributed by atoms with Gasteiger partial charge < -0.3 is 14.6 Å². The van der Waals surface area contributed by atoms with Crippen LogP contribution in [0.3, 0.4) is 0 Å². The molecule has 0 radical (unpaired) electrons. The summed E-state index contributed by atoms with van der Waals surface area (Å²) < 4.78 is 10.3. The molecule has 0 saturated carbocycles. The minimum atomic E-state index is -0.972. The zero-order valence-corrected chi connectivity index (χ0v) is 9.05. The fourth-order valence-electron chi connectivity index (χ4n) is 1.07. The van der Waals surface area contributed by atoms with Crippen LogP contribution in [-0.2, 0) is 9.53 Å². The summed E-state index contributed by atoms with van der Waals surface area (Å²) in [7, 11) is 0. The molecule has 0 aliphatic carbocycles. The van der Waals surface area contributed by atoms with Crippen molar-refractivity contribution in [1.29, 1.82) is 0 Å². The molecular weight excluding hydrogens is 208 g/mol. The Morgan fingerprint density at radius 1 is 1.50 bits per heavy atom. The number of hydrogen-bond donors (Lipinski definition) is 1. The highest BCUT2D eigenvalue weighted by atomic mass is 16.7. The minimum absolute atomic E-state index is 0.197. The molecule has 16 heavy (non-hydrogen) atoms. The van der Waals surface area contributed by atoms with Gasteiger partial charge in [0.2, 0.25) is 0 Å². The van der Waals surface area contributed by atoms with Gasteiger partial charge in [-0.05, 0) is 30.7 Å². The summed E-state index contributed by atoms with van der Waals surface area (Å²) in [6.07, 6.45) is 2.59. The molecule has 4 nitrogen and oxygen atoms in total. The molecule has 0 atom stereocenters. The third kappa shape index (κ3) is 4.61. The Hall–Kier alpha value is -1.81. The molecule has 1 aromatic rings. The molecule has 0 heterocycles. The van der Waals surface area contributed by atoms with E-state index in [0.717, 1.165) is 11.6 Å². The summed E-state index contributed by atoms with van der Waals surface area (Å²) in [4.78, 5) is 10.3. The van der Waals surface area contributed by atoms with E-state index in [1.54, 1.807) is 24.3 Å². The SMILES string of the molecule is CCOCOc1cccc(C=CC(=O)O)c1. The molecule has 0 aromatic heterocycles. The predicted molar refractivity (Wildman–Crippen MR) is 60.2 cm³/mol. The second kappa shape index (κ2) is 6.63. The number of carbonyl (C=O) groups is 1. The number of ether oxygens (including phenoxy) is 2. The van der Waals surface area contributed by atoms with Gasteiger partial charge in [-0.15, -0.1) is 0 Å². The molecule has 0 spiro atoms. The van der Waals surface area contributed by atoms with E-state index in [0.29, 0.717) is 12.4 Å². The molecule has 0 saturated heterocycles. The first kappa shape index (κ1) is 12.3. The van der Waals surface area contributed by atoms with Crippen LogP contribution in [0.15, 0.2) is 30.3 Å².